The van der Waals surface area contributed by atoms with E-state index < -0.39 is 32.7 Å². The van der Waals surface area contributed by atoms with Crippen molar-refractivity contribution >= 4 is 22.2 Å². The molecule has 3 rings (SSSR count). The van der Waals surface area contributed by atoms with Gasteiger partial charge in [-0.25, -0.2) is 5.43 Å². The molecule has 0 heterocycles. The van der Waals surface area contributed by atoms with E-state index in [1.807, 2.05) is 0 Å². The molecule has 172 valence electrons. The van der Waals surface area contributed by atoms with Gasteiger partial charge in [0, 0.05) is 5.56 Å². The smallest absolute Gasteiger partial charge is 0.416 e. The molecule has 0 spiro atoms. The van der Waals surface area contributed by atoms with Crippen LogP contribution in [0.4, 0.5) is 13.2 Å². The van der Waals surface area contributed by atoms with E-state index in [4.69, 9.17) is 8.92 Å². The molecule has 0 saturated carbocycles. The second-order valence-electron chi connectivity index (χ2n) is 6.49. The molecule has 3 aromatic rings. The first-order valence-electron chi connectivity index (χ1n) is 9.36. The van der Waals surface area contributed by atoms with Gasteiger partial charge in [-0.2, -0.15) is 26.7 Å². The number of halogens is 3. The van der Waals surface area contributed by atoms with Gasteiger partial charge in [0.05, 0.1) is 11.8 Å². The van der Waals surface area contributed by atoms with E-state index in [0.29, 0.717) is 17.9 Å². The van der Waals surface area contributed by atoms with Crippen molar-refractivity contribution in [1.82, 2.24) is 5.43 Å². The predicted octanol–water partition coefficient (Wildman–Crippen LogP) is 4.00. The SMILES string of the molecule is O=C(COc1ccccc1)N/N=C/c1ccccc1OS(=O)(=O)c1ccc(C(F)(F)F)cc1. The van der Waals surface area contributed by atoms with Crippen LogP contribution in [0.1, 0.15) is 11.1 Å². The number of carbonyl (C=O) groups is 1. The van der Waals surface area contributed by atoms with Gasteiger partial charge in [0.1, 0.15) is 10.6 Å². The Bertz CT molecular complexity index is 1230. The van der Waals surface area contributed by atoms with Crippen LogP contribution >= 0.6 is 0 Å². The normalized spacial score (nSPS) is 11.8. The highest BCUT2D eigenvalue weighted by molar-refractivity contribution is 7.87. The fourth-order valence-corrected chi connectivity index (χ4v) is 3.47. The minimum absolute atomic E-state index is 0.129. The highest BCUT2D eigenvalue weighted by Crippen LogP contribution is 2.30. The minimum Gasteiger partial charge on any atom is -0.484 e. The number of hydrogen-bond donors (Lipinski definition) is 1. The molecule has 0 bridgehead atoms. The minimum atomic E-state index is -4.59. The zero-order valence-electron chi connectivity index (χ0n) is 16.8. The van der Waals surface area contributed by atoms with Crippen LogP contribution in [-0.2, 0) is 21.1 Å². The molecule has 0 aliphatic carbocycles. The lowest BCUT2D eigenvalue weighted by Crippen LogP contribution is -2.24. The van der Waals surface area contributed by atoms with Crippen molar-refractivity contribution in [3.8, 4) is 11.5 Å². The van der Waals surface area contributed by atoms with E-state index in [-0.39, 0.29) is 17.9 Å². The molecule has 0 saturated heterocycles. The summed E-state index contributed by atoms with van der Waals surface area (Å²) in [5, 5.41) is 3.75. The van der Waals surface area contributed by atoms with Gasteiger partial charge >= 0.3 is 16.3 Å². The fourth-order valence-electron chi connectivity index (χ4n) is 2.51. The van der Waals surface area contributed by atoms with Gasteiger partial charge in [0.2, 0.25) is 0 Å². The van der Waals surface area contributed by atoms with Gasteiger partial charge in [0.15, 0.2) is 12.4 Å². The monoisotopic (exact) mass is 478 g/mol. The third-order valence-corrected chi connectivity index (χ3v) is 5.34. The molecule has 1 N–H and O–H groups in total. The van der Waals surface area contributed by atoms with Crippen LogP contribution in [0.2, 0.25) is 0 Å². The van der Waals surface area contributed by atoms with E-state index in [1.54, 1.807) is 36.4 Å². The van der Waals surface area contributed by atoms with E-state index >= 15 is 0 Å². The van der Waals surface area contributed by atoms with Crippen molar-refractivity contribution in [2.75, 3.05) is 6.61 Å². The van der Waals surface area contributed by atoms with Gasteiger partial charge in [-0.05, 0) is 48.5 Å². The predicted molar refractivity (Wildman–Crippen MR) is 113 cm³/mol. The Balaban J connectivity index is 1.65. The Morgan fingerprint density at radius 2 is 1.58 bits per heavy atom. The van der Waals surface area contributed by atoms with Crippen molar-refractivity contribution in [1.29, 1.82) is 0 Å². The molecule has 0 aromatic heterocycles. The van der Waals surface area contributed by atoms with E-state index in [1.165, 1.54) is 18.2 Å². The Kier molecular flexibility index (Phi) is 7.34. The summed E-state index contributed by atoms with van der Waals surface area (Å²) >= 11 is 0. The molecule has 11 heteroatoms. The molecule has 0 aliphatic heterocycles. The summed E-state index contributed by atoms with van der Waals surface area (Å²) in [7, 11) is -4.42. The third-order valence-electron chi connectivity index (χ3n) is 4.09. The first-order chi connectivity index (χ1) is 15.6. The first-order valence-corrected chi connectivity index (χ1v) is 10.8. The molecule has 7 nitrogen and oxygen atoms in total. The highest BCUT2D eigenvalue weighted by atomic mass is 32.2. The Morgan fingerprint density at radius 3 is 2.24 bits per heavy atom. The average Bonchev–Trinajstić information content (AvgIpc) is 2.79. The molecule has 0 unspecified atom stereocenters. The van der Waals surface area contributed by atoms with Gasteiger partial charge in [-0.3, -0.25) is 4.79 Å². The number of hydrogen-bond acceptors (Lipinski definition) is 6. The number of rotatable bonds is 8. The second-order valence-corrected chi connectivity index (χ2v) is 8.04. The summed E-state index contributed by atoms with van der Waals surface area (Å²) in [6.45, 7) is -0.290. The molecule has 0 fully saturated rings. The summed E-state index contributed by atoms with van der Waals surface area (Å²) in [5.74, 6) is -0.175. The number of amides is 1. The Hall–Kier alpha value is -3.86. The fraction of sp³-hybridized carbons (Fsp3) is 0.0909. The Morgan fingerprint density at radius 1 is 0.939 bits per heavy atom. The summed E-state index contributed by atoms with van der Waals surface area (Å²) in [6, 6.07) is 17.5. The average molecular weight is 478 g/mol. The topological polar surface area (TPSA) is 94.1 Å². The van der Waals surface area contributed by atoms with Crippen LogP contribution in [0.25, 0.3) is 0 Å². The van der Waals surface area contributed by atoms with Crippen molar-refractivity contribution < 1.29 is 35.3 Å². The number of carbonyl (C=O) groups excluding carboxylic acids is 1. The number of benzene rings is 3. The zero-order valence-corrected chi connectivity index (χ0v) is 17.6. The van der Waals surface area contributed by atoms with Crippen molar-refractivity contribution in [3.05, 3.63) is 90.0 Å². The van der Waals surface area contributed by atoms with Crippen LogP contribution in [-0.4, -0.2) is 27.1 Å². The lowest BCUT2D eigenvalue weighted by molar-refractivity contribution is -0.137. The summed E-state index contributed by atoms with van der Waals surface area (Å²) in [4.78, 5) is 11.4. The molecule has 1 amide bonds. The molecule has 33 heavy (non-hydrogen) atoms. The van der Waals surface area contributed by atoms with Gasteiger partial charge in [-0.15, -0.1) is 0 Å². The van der Waals surface area contributed by atoms with Crippen LogP contribution in [0.5, 0.6) is 11.5 Å². The largest absolute Gasteiger partial charge is 0.484 e. The summed E-state index contributed by atoms with van der Waals surface area (Å²) in [5.41, 5.74) is 1.46. The Labute approximate surface area is 187 Å². The molecule has 0 radical (unpaired) electrons. The van der Waals surface area contributed by atoms with E-state index in [0.717, 1.165) is 18.3 Å². The van der Waals surface area contributed by atoms with Crippen LogP contribution in [0.15, 0.2) is 88.9 Å². The van der Waals surface area contributed by atoms with Crippen LogP contribution in [0, 0.1) is 0 Å². The number of alkyl halides is 3. The van der Waals surface area contributed by atoms with Crippen molar-refractivity contribution in [2.24, 2.45) is 5.10 Å². The van der Waals surface area contributed by atoms with E-state index in [9.17, 15) is 26.4 Å². The van der Waals surface area contributed by atoms with E-state index in [2.05, 4.69) is 10.5 Å². The maximum atomic E-state index is 12.7. The van der Waals surface area contributed by atoms with Crippen LogP contribution < -0.4 is 14.3 Å². The number of para-hydroxylation sites is 2. The first kappa shape index (κ1) is 23.8. The molecular weight excluding hydrogens is 461 g/mol. The van der Waals surface area contributed by atoms with Crippen LogP contribution in [0.3, 0.4) is 0 Å². The quantitative estimate of drug-likeness (QED) is 0.300. The number of ether oxygens (including phenoxy) is 1. The molecule has 0 atom stereocenters. The van der Waals surface area contributed by atoms with Crippen molar-refractivity contribution in [3.63, 3.8) is 0 Å². The maximum absolute atomic E-state index is 12.7. The summed E-state index contributed by atoms with van der Waals surface area (Å²) < 4.78 is 73.4. The number of hydrazone groups is 1. The van der Waals surface area contributed by atoms with Crippen molar-refractivity contribution in [2.45, 2.75) is 11.1 Å². The van der Waals surface area contributed by atoms with Gasteiger partial charge in [0.25, 0.3) is 5.91 Å². The summed E-state index contributed by atoms with van der Waals surface area (Å²) in [6.07, 6.45) is -3.43. The van der Waals surface area contributed by atoms with Gasteiger partial charge < -0.3 is 8.92 Å². The second kappa shape index (κ2) is 10.2. The molecule has 0 aliphatic rings. The standard InChI is InChI=1S/C22H17F3N2O5S/c23-22(24,25)17-10-12-19(13-11-17)33(29,30)32-20-9-5-4-6-16(20)14-26-27-21(28)15-31-18-7-2-1-3-8-18/h1-14H,15H2,(H,27,28)/b26-14+. The zero-order chi connectivity index (χ0) is 23.9. The highest BCUT2D eigenvalue weighted by Gasteiger charge is 2.31. The third kappa shape index (κ3) is 6.81. The number of nitrogens with one attached hydrogen (secondary N) is 1. The number of nitrogens with zero attached hydrogens (tertiary/aromatic N) is 1. The maximum Gasteiger partial charge on any atom is 0.416 e. The lowest BCUT2D eigenvalue weighted by Gasteiger charge is -2.11. The lowest BCUT2D eigenvalue weighted by atomic mass is 10.2. The molecule has 3 aromatic carbocycles. The molecular formula is C22H17F3N2O5S. The van der Waals surface area contributed by atoms with Gasteiger partial charge in [-0.1, -0.05) is 30.3 Å².